The van der Waals surface area contributed by atoms with Gasteiger partial charge in [-0.2, -0.15) is 0 Å². The van der Waals surface area contributed by atoms with Gasteiger partial charge in [-0.05, 0) is 73.7 Å². The van der Waals surface area contributed by atoms with Gasteiger partial charge in [0, 0.05) is 5.02 Å². The molecule has 2 aromatic rings. The molecule has 1 saturated heterocycles. The Morgan fingerprint density at radius 2 is 1.83 bits per heavy atom. The molecule has 1 aliphatic heterocycles. The van der Waals surface area contributed by atoms with E-state index in [1.54, 1.807) is 0 Å². The minimum absolute atomic E-state index is 0.579. The minimum atomic E-state index is 0.579. The smallest absolute Gasteiger partial charge is 0.120 e. The number of benzene rings is 2. The number of ether oxygens (including phenoxy) is 1. The third-order valence-electron chi connectivity index (χ3n) is 4.41. The van der Waals surface area contributed by atoms with Gasteiger partial charge in [0.05, 0.1) is 0 Å². The van der Waals surface area contributed by atoms with Crippen LogP contribution in [0.25, 0.3) is 0 Å². The van der Waals surface area contributed by atoms with Crippen molar-refractivity contribution in [1.29, 1.82) is 0 Å². The number of hydrogen-bond donors (Lipinski definition) is 1. The topological polar surface area (TPSA) is 21.3 Å². The van der Waals surface area contributed by atoms with Crippen molar-refractivity contribution in [2.24, 2.45) is 5.92 Å². The molecule has 0 aromatic heterocycles. The highest BCUT2D eigenvalue weighted by molar-refractivity contribution is 6.30. The molecule has 23 heavy (non-hydrogen) atoms. The first-order chi connectivity index (χ1) is 11.3. The summed E-state index contributed by atoms with van der Waals surface area (Å²) < 4.78 is 5.89. The Kier molecular flexibility index (Phi) is 5.95. The molecule has 0 saturated carbocycles. The van der Waals surface area contributed by atoms with E-state index in [2.05, 4.69) is 23.5 Å². The summed E-state index contributed by atoms with van der Waals surface area (Å²) in [6.45, 7) is 3.01. The van der Waals surface area contributed by atoms with Crippen molar-refractivity contribution in [3.8, 4) is 5.75 Å². The molecule has 2 nitrogen and oxygen atoms in total. The van der Waals surface area contributed by atoms with E-state index < -0.39 is 0 Å². The van der Waals surface area contributed by atoms with Crippen molar-refractivity contribution in [2.75, 3.05) is 13.1 Å². The summed E-state index contributed by atoms with van der Waals surface area (Å²) >= 11 is 5.90. The van der Waals surface area contributed by atoms with Crippen molar-refractivity contribution >= 4 is 11.6 Å². The molecule has 1 fully saturated rings. The molecule has 0 unspecified atom stereocenters. The fourth-order valence-corrected chi connectivity index (χ4v) is 2.98. The second kappa shape index (κ2) is 8.37. The summed E-state index contributed by atoms with van der Waals surface area (Å²) in [6.07, 6.45) is 5.08. The Balaban J connectivity index is 1.43. The minimum Gasteiger partial charge on any atom is -0.489 e. The standard InChI is InChI=1S/C20H24ClNO/c21-19-10-8-17(9-11-19)15-23-20-7-3-6-16(12-20)4-1-2-5-18-13-22-14-18/h3,6-12,18,22H,1-2,4-5,13-15H2. The normalized spacial score (nSPS) is 14.5. The molecule has 0 atom stereocenters. The summed E-state index contributed by atoms with van der Waals surface area (Å²) in [5, 5.41) is 4.09. The third kappa shape index (κ3) is 5.26. The van der Waals surface area contributed by atoms with E-state index in [0.717, 1.165) is 28.7 Å². The molecule has 1 heterocycles. The van der Waals surface area contributed by atoms with Crippen molar-refractivity contribution in [2.45, 2.75) is 32.3 Å². The van der Waals surface area contributed by atoms with Gasteiger partial charge in [-0.25, -0.2) is 0 Å². The predicted molar refractivity (Wildman–Crippen MR) is 96.1 cm³/mol. The second-order valence-electron chi connectivity index (χ2n) is 6.33. The maximum absolute atomic E-state index is 5.90. The monoisotopic (exact) mass is 329 g/mol. The summed E-state index contributed by atoms with van der Waals surface area (Å²) in [6, 6.07) is 16.3. The van der Waals surface area contributed by atoms with Crippen LogP contribution in [-0.2, 0) is 13.0 Å². The van der Waals surface area contributed by atoms with Crippen LogP contribution in [0.3, 0.4) is 0 Å². The quantitative estimate of drug-likeness (QED) is 0.699. The van der Waals surface area contributed by atoms with Gasteiger partial charge in [0.1, 0.15) is 12.4 Å². The molecule has 1 aliphatic rings. The van der Waals surface area contributed by atoms with Crippen LogP contribution in [0.1, 0.15) is 30.4 Å². The maximum atomic E-state index is 5.90. The van der Waals surface area contributed by atoms with Crippen molar-refractivity contribution < 1.29 is 4.74 Å². The van der Waals surface area contributed by atoms with Crippen LogP contribution in [-0.4, -0.2) is 13.1 Å². The Hall–Kier alpha value is -1.51. The van der Waals surface area contributed by atoms with Crippen LogP contribution in [0.4, 0.5) is 0 Å². The number of unbranched alkanes of at least 4 members (excludes halogenated alkanes) is 1. The van der Waals surface area contributed by atoms with Crippen LogP contribution in [0.2, 0.25) is 5.02 Å². The maximum Gasteiger partial charge on any atom is 0.120 e. The highest BCUT2D eigenvalue weighted by Gasteiger charge is 2.15. The van der Waals surface area contributed by atoms with Crippen LogP contribution in [0.5, 0.6) is 5.75 Å². The zero-order valence-corrected chi connectivity index (χ0v) is 14.2. The first-order valence-electron chi connectivity index (χ1n) is 8.46. The molecule has 0 radical (unpaired) electrons. The van der Waals surface area contributed by atoms with E-state index in [0.29, 0.717) is 6.61 Å². The van der Waals surface area contributed by atoms with Gasteiger partial charge in [-0.15, -0.1) is 0 Å². The Bertz CT molecular complexity index is 607. The zero-order valence-electron chi connectivity index (χ0n) is 13.4. The van der Waals surface area contributed by atoms with Gasteiger partial charge in [-0.1, -0.05) is 42.3 Å². The summed E-state index contributed by atoms with van der Waals surface area (Å²) in [4.78, 5) is 0. The number of rotatable bonds is 8. The van der Waals surface area contributed by atoms with Gasteiger partial charge in [0.2, 0.25) is 0 Å². The van der Waals surface area contributed by atoms with Crippen LogP contribution in [0, 0.1) is 5.92 Å². The van der Waals surface area contributed by atoms with Gasteiger partial charge in [0.25, 0.3) is 0 Å². The highest BCUT2D eigenvalue weighted by Crippen LogP contribution is 2.19. The molecule has 0 aliphatic carbocycles. The first kappa shape index (κ1) is 16.4. The SMILES string of the molecule is Clc1ccc(COc2cccc(CCCCC3CNC3)c2)cc1. The van der Waals surface area contributed by atoms with E-state index in [-0.39, 0.29) is 0 Å². The second-order valence-corrected chi connectivity index (χ2v) is 6.77. The number of hydrogen-bond acceptors (Lipinski definition) is 2. The first-order valence-corrected chi connectivity index (χ1v) is 8.84. The van der Waals surface area contributed by atoms with E-state index in [1.165, 1.54) is 37.9 Å². The fraction of sp³-hybridized carbons (Fsp3) is 0.400. The highest BCUT2D eigenvalue weighted by atomic mass is 35.5. The van der Waals surface area contributed by atoms with Crippen molar-refractivity contribution in [1.82, 2.24) is 5.32 Å². The number of aryl methyl sites for hydroxylation is 1. The molecular formula is C20H24ClNO. The molecule has 122 valence electrons. The lowest BCUT2D eigenvalue weighted by Crippen LogP contribution is -2.41. The lowest BCUT2D eigenvalue weighted by atomic mass is 9.95. The summed E-state index contributed by atoms with van der Waals surface area (Å²) in [5.74, 6) is 1.87. The molecular weight excluding hydrogens is 306 g/mol. The molecule has 1 N–H and O–H groups in total. The lowest BCUT2D eigenvalue weighted by Gasteiger charge is -2.26. The average Bonchev–Trinajstić information content (AvgIpc) is 2.53. The predicted octanol–water partition coefficient (Wildman–Crippen LogP) is 4.85. The van der Waals surface area contributed by atoms with E-state index >= 15 is 0 Å². The van der Waals surface area contributed by atoms with E-state index in [4.69, 9.17) is 16.3 Å². The summed E-state index contributed by atoms with van der Waals surface area (Å²) in [5.41, 5.74) is 2.50. The van der Waals surface area contributed by atoms with Crippen LogP contribution >= 0.6 is 11.6 Å². The van der Waals surface area contributed by atoms with Crippen molar-refractivity contribution in [3.05, 3.63) is 64.7 Å². The van der Waals surface area contributed by atoms with Crippen molar-refractivity contribution in [3.63, 3.8) is 0 Å². The van der Waals surface area contributed by atoms with Gasteiger partial charge in [-0.3, -0.25) is 0 Å². The molecule has 0 spiro atoms. The van der Waals surface area contributed by atoms with E-state index in [9.17, 15) is 0 Å². The zero-order chi connectivity index (χ0) is 15.9. The van der Waals surface area contributed by atoms with Gasteiger partial charge in [0.15, 0.2) is 0 Å². The largest absolute Gasteiger partial charge is 0.489 e. The number of halogens is 1. The molecule has 3 rings (SSSR count). The molecule has 2 aromatic carbocycles. The van der Waals surface area contributed by atoms with Crippen LogP contribution < -0.4 is 10.1 Å². The van der Waals surface area contributed by atoms with Crippen LogP contribution in [0.15, 0.2) is 48.5 Å². The fourth-order valence-electron chi connectivity index (χ4n) is 2.85. The average molecular weight is 330 g/mol. The summed E-state index contributed by atoms with van der Waals surface area (Å²) in [7, 11) is 0. The Morgan fingerprint density at radius 3 is 2.57 bits per heavy atom. The van der Waals surface area contributed by atoms with Gasteiger partial charge >= 0.3 is 0 Å². The van der Waals surface area contributed by atoms with Gasteiger partial charge < -0.3 is 10.1 Å². The molecule has 3 heteroatoms. The Labute approximate surface area is 143 Å². The third-order valence-corrected chi connectivity index (χ3v) is 4.66. The lowest BCUT2D eigenvalue weighted by molar-refractivity contribution is 0.305. The van der Waals surface area contributed by atoms with E-state index in [1.807, 2.05) is 30.3 Å². The Morgan fingerprint density at radius 1 is 1.00 bits per heavy atom. The number of nitrogens with one attached hydrogen (secondary N) is 1. The molecule has 0 amide bonds. The molecule has 0 bridgehead atoms.